The highest BCUT2D eigenvalue weighted by molar-refractivity contribution is 6.32. The Labute approximate surface area is 328 Å². The Balaban J connectivity index is 1.11. The average molecular weight is 768 g/mol. The predicted octanol–water partition coefficient (Wildman–Crippen LogP) is 6.60. The predicted molar refractivity (Wildman–Crippen MR) is 209 cm³/mol. The maximum absolute atomic E-state index is 15.5. The Bertz CT molecular complexity index is 2370. The lowest BCUT2D eigenvalue weighted by Crippen LogP contribution is -2.55. The first-order valence-electron chi connectivity index (χ1n) is 19.1. The van der Waals surface area contributed by atoms with Gasteiger partial charge in [0.05, 0.1) is 54.0 Å². The number of imide groups is 2. The molecule has 1 N–H and O–H groups in total. The molecule has 2 aliphatic carbocycles. The number of carbonyl (C=O) groups is 4. The van der Waals surface area contributed by atoms with Crippen LogP contribution in [-0.4, -0.2) is 55.0 Å². The summed E-state index contributed by atoms with van der Waals surface area (Å²) in [7, 11) is 0. The summed E-state index contributed by atoms with van der Waals surface area (Å²) in [6.45, 7) is 2.80. The molecule has 4 heterocycles. The molecule has 4 aromatic carbocycles. The molecule has 0 bridgehead atoms. The number of rotatable bonds is 5. The molecule has 10 rings (SSSR count). The summed E-state index contributed by atoms with van der Waals surface area (Å²) in [5.74, 6) is -4.13. The number of halogens is 1. The first-order chi connectivity index (χ1) is 27.3. The van der Waals surface area contributed by atoms with Gasteiger partial charge in [-0.3, -0.25) is 24.1 Å². The van der Waals surface area contributed by atoms with Gasteiger partial charge in [-0.2, -0.15) is 0 Å². The van der Waals surface area contributed by atoms with E-state index in [2.05, 4.69) is 4.90 Å². The number of amides is 4. The van der Waals surface area contributed by atoms with E-state index in [0.717, 1.165) is 35.5 Å². The largest absolute Gasteiger partial charge is 0.508 e. The lowest BCUT2D eigenvalue weighted by molar-refractivity contribution is -0.128. The van der Waals surface area contributed by atoms with Gasteiger partial charge in [-0.25, -0.2) is 4.90 Å². The number of anilines is 3. The quantitative estimate of drug-likeness (QED) is 0.179. The van der Waals surface area contributed by atoms with E-state index in [1.165, 1.54) is 9.80 Å². The number of phenols is 1. The van der Waals surface area contributed by atoms with E-state index in [1.807, 2.05) is 60.7 Å². The van der Waals surface area contributed by atoms with Crippen molar-refractivity contribution in [1.82, 2.24) is 0 Å². The van der Waals surface area contributed by atoms with Crippen molar-refractivity contribution in [3.63, 3.8) is 0 Å². The Hall–Kier alpha value is -5.71. The fourth-order valence-electron chi connectivity index (χ4n) is 10.4. The molecule has 10 nitrogen and oxygen atoms in total. The van der Waals surface area contributed by atoms with Crippen molar-refractivity contribution < 1.29 is 33.8 Å². The third kappa shape index (κ3) is 5.12. The highest BCUT2D eigenvalue weighted by atomic mass is 35.5. The second kappa shape index (κ2) is 13.2. The SMILES string of the molecule is O=C1C2CC=C3C(CC4C(=O)N(c5cccc(Cl)c5)C(=O)C4(c4ccccc4)C3C3=COc4ccc(O)cc4C3)C2C(=O)N1c1ccc(N2CCOCC2)cc1. The minimum absolute atomic E-state index is 0.0814. The van der Waals surface area contributed by atoms with Gasteiger partial charge in [0.2, 0.25) is 23.6 Å². The second-order valence-corrected chi connectivity index (χ2v) is 15.9. The number of aromatic hydroxyl groups is 1. The monoisotopic (exact) mass is 767 g/mol. The second-order valence-electron chi connectivity index (χ2n) is 15.5. The van der Waals surface area contributed by atoms with Gasteiger partial charge in [-0.15, -0.1) is 0 Å². The van der Waals surface area contributed by atoms with Crippen LogP contribution in [0.4, 0.5) is 17.1 Å². The number of phenolic OH excluding ortho intramolecular Hbond substituents is 1. The van der Waals surface area contributed by atoms with Gasteiger partial charge in [-0.1, -0.05) is 59.6 Å². The van der Waals surface area contributed by atoms with Crippen LogP contribution in [0.3, 0.4) is 0 Å². The summed E-state index contributed by atoms with van der Waals surface area (Å²) >= 11 is 6.45. The lowest BCUT2D eigenvalue weighted by Gasteiger charge is -2.51. The Kier molecular flexibility index (Phi) is 8.20. The Morgan fingerprint density at radius 2 is 1.52 bits per heavy atom. The number of fused-ring (bicyclic) bond motifs is 5. The summed E-state index contributed by atoms with van der Waals surface area (Å²) in [4.78, 5) is 64.5. The van der Waals surface area contributed by atoms with Crippen molar-refractivity contribution in [3.8, 4) is 11.5 Å². The molecule has 6 atom stereocenters. The van der Waals surface area contributed by atoms with Gasteiger partial charge in [0.25, 0.3) is 0 Å². The maximum atomic E-state index is 15.5. The van der Waals surface area contributed by atoms with Gasteiger partial charge >= 0.3 is 0 Å². The zero-order chi connectivity index (χ0) is 38.3. The van der Waals surface area contributed by atoms with Crippen LogP contribution < -0.4 is 19.4 Å². The Morgan fingerprint density at radius 1 is 0.750 bits per heavy atom. The molecule has 4 aromatic rings. The minimum Gasteiger partial charge on any atom is -0.508 e. The first kappa shape index (κ1) is 34.8. The van der Waals surface area contributed by atoms with Crippen LogP contribution in [-0.2, 0) is 35.8 Å². The van der Waals surface area contributed by atoms with E-state index >= 15 is 9.59 Å². The van der Waals surface area contributed by atoms with Crippen LogP contribution in [0, 0.1) is 29.6 Å². The van der Waals surface area contributed by atoms with Crippen molar-refractivity contribution in [2.24, 2.45) is 29.6 Å². The van der Waals surface area contributed by atoms with E-state index < -0.39 is 35.0 Å². The normalized spacial score (nSPS) is 28.2. The van der Waals surface area contributed by atoms with E-state index in [1.54, 1.807) is 48.7 Å². The summed E-state index contributed by atoms with van der Waals surface area (Å²) in [5, 5.41) is 10.9. The van der Waals surface area contributed by atoms with Crippen molar-refractivity contribution in [3.05, 3.63) is 137 Å². The number of allylic oxidation sites excluding steroid dienone is 3. The average Bonchev–Trinajstić information content (AvgIpc) is 3.61. The van der Waals surface area contributed by atoms with Crippen LogP contribution >= 0.6 is 11.6 Å². The molecule has 6 unspecified atom stereocenters. The van der Waals surface area contributed by atoms with Crippen LogP contribution in [0.25, 0.3) is 0 Å². The number of ether oxygens (including phenoxy) is 2. The third-order valence-electron chi connectivity index (χ3n) is 12.8. The van der Waals surface area contributed by atoms with Crippen molar-refractivity contribution >= 4 is 52.3 Å². The third-order valence-corrected chi connectivity index (χ3v) is 13.0. The van der Waals surface area contributed by atoms with Crippen molar-refractivity contribution in [2.75, 3.05) is 41.0 Å². The van der Waals surface area contributed by atoms with Crippen molar-refractivity contribution in [1.29, 1.82) is 0 Å². The zero-order valence-corrected chi connectivity index (χ0v) is 31.1. The van der Waals surface area contributed by atoms with E-state index in [-0.39, 0.29) is 35.8 Å². The maximum Gasteiger partial charge on any atom is 0.246 e. The lowest BCUT2D eigenvalue weighted by atomic mass is 9.48. The molecule has 1 saturated carbocycles. The van der Waals surface area contributed by atoms with E-state index in [4.69, 9.17) is 21.1 Å². The number of benzene rings is 4. The minimum atomic E-state index is -1.42. The fraction of sp³-hybridized carbons (Fsp3) is 0.289. The van der Waals surface area contributed by atoms with Gasteiger partial charge in [-0.05, 0) is 90.6 Å². The molecule has 4 amide bonds. The van der Waals surface area contributed by atoms with Crippen molar-refractivity contribution in [2.45, 2.75) is 24.7 Å². The molecule has 0 aromatic heterocycles. The topological polar surface area (TPSA) is 117 Å². The smallest absolute Gasteiger partial charge is 0.246 e. The molecule has 4 aliphatic heterocycles. The number of morpholine rings is 1. The summed E-state index contributed by atoms with van der Waals surface area (Å²) in [6.07, 6.45) is 4.55. The standard InChI is InChI=1S/C45H38ClN3O7/c46-29-7-4-8-32(23-29)49-42(52)37-24-36-34(14-15-35-39(36)43(53)48(41(35)51)31-11-9-30(10-12-31)47-17-19-55-20-18-47)40(45(37,44(49)54)28-5-2-1-3-6-28)27-21-26-22-33(50)13-16-38(26)56-25-27/h1-14,16,22-23,25,35-37,39-40,50H,15,17-21,24H2. The van der Waals surface area contributed by atoms with Crippen LogP contribution in [0.5, 0.6) is 11.5 Å². The summed E-state index contributed by atoms with van der Waals surface area (Å²) in [6, 6.07) is 28.6. The molecule has 4 fully saturated rings. The highest BCUT2D eigenvalue weighted by Gasteiger charge is 2.70. The molecule has 0 radical (unpaired) electrons. The molecule has 56 heavy (non-hydrogen) atoms. The Morgan fingerprint density at radius 3 is 2.29 bits per heavy atom. The van der Waals surface area contributed by atoms with E-state index in [0.29, 0.717) is 53.8 Å². The summed E-state index contributed by atoms with van der Waals surface area (Å²) < 4.78 is 11.7. The molecule has 0 spiro atoms. The van der Waals surface area contributed by atoms with Gasteiger partial charge < -0.3 is 19.5 Å². The molecule has 11 heteroatoms. The van der Waals surface area contributed by atoms with E-state index in [9.17, 15) is 14.7 Å². The molecular formula is C45H38ClN3O7. The molecule has 6 aliphatic rings. The van der Waals surface area contributed by atoms with Crippen LogP contribution in [0.2, 0.25) is 5.02 Å². The number of nitrogens with zero attached hydrogens (tertiary/aromatic N) is 3. The fourth-order valence-corrected chi connectivity index (χ4v) is 10.6. The zero-order valence-electron chi connectivity index (χ0n) is 30.3. The number of hydrogen-bond donors (Lipinski definition) is 1. The van der Waals surface area contributed by atoms with Gasteiger partial charge in [0.1, 0.15) is 11.5 Å². The highest BCUT2D eigenvalue weighted by Crippen LogP contribution is 2.64. The number of carbonyl (C=O) groups excluding carboxylic acids is 4. The molecule has 3 saturated heterocycles. The molecular weight excluding hydrogens is 730 g/mol. The van der Waals surface area contributed by atoms with Gasteiger partial charge in [0, 0.05) is 41.7 Å². The van der Waals surface area contributed by atoms with Crippen LogP contribution in [0.1, 0.15) is 24.0 Å². The van der Waals surface area contributed by atoms with Crippen LogP contribution in [0.15, 0.2) is 121 Å². The molecule has 282 valence electrons. The van der Waals surface area contributed by atoms with Gasteiger partial charge in [0.15, 0.2) is 0 Å². The first-order valence-corrected chi connectivity index (χ1v) is 19.5. The summed E-state index contributed by atoms with van der Waals surface area (Å²) in [5.41, 5.74) is 3.47. The number of hydrogen-bond acceptors (Lipinski definition) is 8.